The van der Waals surface area contributed by atoms with Crippen LogP contribution in [-0.4, -0.2) is 59.8 Å². The van der Waals surface area contributed by atoms with Crippen LogP contribution in [0.1, 0.15) is 12.8 Å². The van der Waals surface area contributed by atoms with Crippen molar-refractivity contribution in [1.29, 1.82) is 0 Å². The van der Waals surface area contributed by atoms with E-state index in [2.05, 4.69) is 25.2 Å². The molecule has 0 radical (unpaired) electrons. The Balaban J connectivity index is 1.57. The van der Waals surface area contributed by atoms with E-state index in [-0.39, 0.29) is 17.0 Å². The first kappa shape index (κ1) is 20.3. The van der Waals surface area contributed by atoms with Crippen LogP contribution in [0.3, 0.4) is 0 Å². The van der Waals surface area contributed by atoms with E-state index in [0.717, 1.165) is 37.9 Å². The summed E-state index contributed by atoms with van der Waals surface area (Å²) in [4.78, 5) is 34.3. The number of hydrogen-bond acceptors (Lipinski definition) is 8. The molecule has 0 aromatic carbocycles. The minimum atomic E-state index is -3.41. The number of hydrogen-bond donors (Lipinski definition) is 1. The lowest BCUT2D eigenvalue weighted by Crippen LogP contribution is -2.56. The molecule has 5 heterocycles. The summed E-state index contributed by atoms with van der Waals surface area (Å²) < 4.78 is 23.9. The van der Waals surface area contributed by atoms with E-state index in [1.54, 1.807) is 17.2 Å². The maximum atomic E-state index is 13.3. The van der Waals surface area contributed by atoms with E-state index in [1.165, 1.54) is 24.8 Å². The zero-order valence-corrected chi connectivity index (χ0v) is 18.2. The predicted octanol–water partition coefficient (Wildman–Crippen LogP) is 2.36. The number of pyridine rings is 2. The molecule has 0 saturated carbocycles. The summed E-state index contributed by atoms with van der Waals surface area (Å²) in [5.41, 5.74) is 1.97. The smallest absolute Gasteiger partial charge is 0.329 e. The molecule has 2 aliphatic rings. The number of rotatable bonds is 3. The topological polar surface area (TPSA) is 121 Å². The molecule has 2 amide bonds. The summed E-state index contributed by atoms with van der Waals surface area (Å²) in [7, 11) is -3.41. The fourth-order valence-electron chi connectivity index (χ4n) is 4.14. The third kappa shape index (κ3) is 3.75. The van der Waals surface area contributed by atoms with Gasteiger partial charge in [-0.05, 0) is 31.0 Å². The van der Waals surface area contributed by atoms with E-state index < -0.39 is 9.84 Å². The summed E-state index contributed by atoms with van der Waals surface area (Å²) in [5, 5.41) is 2.81. The molecule has 2 bridgehead atoms. The molecule has 10 nitrogen and oxygen atoms in total. The molecule has 32 heavy (non-hydrogen) atoms. The molecule has 0 aliphatic carbocycles. The molecule has 1 saturated heterocycles. The Kier molecular flexibility index (Phi) is 4.97. The Bertz CT molecular complexity index is 1280. The molecular weight excluding hydrogens is 430 g/mol. The van der Waals surface area contributed by atoms with Crippen molar-refractivity contribution in [2.45, 2.75) is 23.8 Å². The van der Waals surface area contributed by atoms with Crippen LogP contribution >= 0.6 is 0 Å². The minimum Gasteiger partial charge on any atom is -0.366 e. The van der Waals surface area contributed by atoms with Crippen LogP contribution in [-0.2, 0) is 9.84 Å². The fraction of sp³-hybridized carbons (Fsp3) is 0.286. The Labute approximate surface area is 185 Å². The van der Waals surface area contributed by atoms with Gasteiger partial charge >= 0.3 is 6.03 Å². The molecule has 1 N–H and O–H groups in total. The van der Waals surface area contributed by atoms with Crippen LogP contribution in [0, 0.1) is 0 Å². The molecule has 3 aromatic rings. The zero-order valence-electron chi connectivity index (χ0n) is 17.3. The summed E-state index contributed by atoms with van der Waals surface area (Å²) >= 11 is 0. The average molecular weight is 452 g/mol. The average Bonchev–Trinajstić information content (AvgIpc) is 2.79. The monoisotopic (exact) mass is 451 g/mol. The van der Waals surface area contributed by atoms with E-state index in [4.69, 9.17) is 4.98 Å². The van der Waals surface area contributed by atoms with Gasteiger partial charge in [-0.3, -0.25) is 20.2 Å². The maximum absolute atomic E-state index is 13.3. The quantitative estimate of drug-likeness (QED) is 0.644. The highest BCUT2D eigenvalue weighted by Gasteiger charge is 2.38. The molecule has 0 spiro atoms. The molecular formula is C21H21N7O3S. The lowest BCUT2D eigenvalue weighted by molar-refractivity contribution is 0.252. The highest BCUT2D eigenvalue weighted by molar-refractivity contribution is 7.90. The number of urea groups is 1. The molecule has 0 unspecified atom stereocenters. The summed E-state index contributed by atoms with van der Waals surface area (Å²) in [6.45, 7) is 1.63. The van der Waals surface area contributed by atoms with Crippen LogP contribution in [0.25, 0.3) is 11.3 Å². The number of fused-ring (bicyclic) bond motifs is 4. The molecule has 5 rings (SSSR count). The molecule has 1 atom stereocenters. The Morgan fingerprint density at radius 3 is 2.81 bits per heavy atom. The van der Waals surface area contributed by atoms with Crippen LogP contribution in [0.4, 0.5) is 22.1 Å². The first-order valence-corrected chi connectivity index (χ1v) is 12.1. The van der Waals surface area contributed by atoms with Crippen molar-refractivity contribution in [3.05, 3.63) is 49.2 Å². The fourth-order valence-corrected chi connectivity index (χ4v) is 4.73. The van der Waals surface area contributed by atoms with Crippen molar-refractivity contribution >= 4 is 33.2 Å². The number of nitrogens with one attached hydrogen (secondary N) is 1. The second-order valence-electron chi connectivity index (χ2n) is 7.85. The van der Waals surface area contributed by atoms with Gasteiger partial charge in [-0.15, -0.1) is 0 Å². The number of piperidine rings is 1. The molecule has 1 fully saturated rings. The van der Waals surface area contributed by atoms with E-state index in [1.807, 2.05) is 12.1 Å². The van der Waals surface area contributed by atoms with Gasteiger partial charge < -0.3 is 4.90 Å². The summed E-state index contributed by atoms with van der Waals surface area (Å²) in [6.07, 6.45) is 10.4. The van der Waals surface area contributed by atoms with Crippen molar-refractivity contribution in [1.82, 2.24) is 19.9 Å². The van der Waals surface area contributed by atoms with Crippen molar-refractivity contribution in [2.75, 3.05) is 34.5 Å². The van der Waals surface area contributed by atoms with E-state index in [0.29, 0.717) is 22.9 Å². The minimum absolute atomic E-state index is 0.0313. The normalized spacial score (nSPS) is 17.6. The molecule has 3 aromatic heterocycles. The maximum Gasteiger partial charge on any atom is 0.329 e. The van der Waals surface area contributed by atoms with Crippen molar-refractivity contribution in [3.8, 4) is 11.3 Å². The Morgan fingerprint density at radius 2 is 2.03 bits per heavy atom. The Hall–Kier alpha value is -3.60. The van der Waals surface area contributed by atoms with E-state index >= 15 is 0 Å². The van der Waals surface area contributed by atoms with E-state index in [9.17, 15) is 13.2 Å². The number of sulfone groups is 1. The molecule has 2 aliphatic heterocycles. The molecule has 164 valence electrons. The number of carbonyl (C=O) groups is 1. The lowest BCUT2D eigenvalue weighted by atomic mass is 9.99. The van der Waals surface area contributed by atoms with Gasteiger partial charge in [0.25, 0.3) is 0 Å². The number of anilines is 3. The molecule has 11 heteroatoms. The summed E-state index contributed by atoms with van der Waals surface area (Å²) in [6, 6.07) is 4.94. The van der Waals surface area contributed by atoms with Crippen LogP contribution in [0.2, 0.25) is 0 Å². The van der Waals surface area contributed by atoms with Gasteiger partial charge in [-0.1, -0.05) is 0 Å². The van der Waals surface area contributed by atoms with Gasteiger partial charge in [0, 0.05) is 49.7 Å². The second-order valence-corrected chi connectivity index (χ2v) is 9.87. The lowest BCUT2D eigenvalue weighted by Gasteiger charge is -2.45. The van der Waals surface area contributed by atoms with Crippen molar-refractivity contribution in [2.24, 2.45) is 0 Å². The van der Waals surface area contributed by atoms with Crippen molar-refractivity contribution < 1.29 is 13.2 Å². The van der Waals surface area contributed by atoms with Gasteiger partial charge in [-0.2, -0.15) is 0 Å². The number of carbonyl (C=O) groups excluding carboxylic acids is 1. The second kappa shape index (κ2) is 7.83. The first-order valence-electron chi connectivity index (χ1n) is 10.2. The Morgan fingerprint density at radius 1 is 1.16 bits per heavy atom. The van der Waals surface area contributed by atoms with Gasteiger partial charge in [0.1, 0.15) is 0 Å². The third-order valence-corrected chi connectivity index (χ3v) is 6.72. The largest absolute Gasteiger partial charge is 0.366 e. The predicted molar refractivity (Wildman–Crippen MR) is 119 cm³/mol. The van der Waals surface area contributed by atoms with Gasteiger partial charge in [-0.25, -0.2) is 23.2 Å². The zero-order chi connectivity index (χ0) is 22.3. The van der Waals surface area contributed by atoms with Crippen LogP contribution in [0.5, 0.6) is 0 Å². The van der Waals surface area contributed by atoms with Gasteiger partial charge in [0.15, 0.2) is 21.5 Å². The highest BCUT2D eigenvalue weighted by atomic mass is 32.2. The van der Waals surface area contributed by atoms with Crippen LogP contribution < -0.4 is 15.1 Å². The standard InChI is InChI=1S/C21H21N7O3S/c1-32(30,31)16-9-14(10-23-11-16)17-4-5-18-20(25-17)28(15-3-2-8-27(18)13-15)21(29)26-19-12-22-6-7-24-19/h4-7,9-12,15H,2-3,8,13H2,1H3,(H,24,26,29)/t15-/m0/s1. The van der Waals surface area contributed by atoms with Crippen LogP contribution in [0.15, 0.2) is 54.1 Å². The highest BCUT2D eigenvalue weighted by Crippen LogP contribution is 2.39. The number of amides is 2. The van der Waals surface area contributed by atoms with Gasteiger partial charge in [0.2, 0.25) is 0 Å². The number of nitrogens with zero attached hydrogens (tertiary/aromatic N) is 6. The van der Waals surface area contributed by atoms with Crippen molar-refractivity contribution in [3.63, 3.8) is 0 Å². The van der Waals surface area contributed by atoms with Gasteiger partial charge in [0.05, 0.1) is 28.5 Å². The first-order chi connectivity index (χ1) is 15.4. The third-order valence-electron chi connectivity index (χ3n) is 5.64. The summed E-state index contributed by atoms with van der Waals surface area (Å²) in [5.74, 6) is 0.892. The number of aromatic nitrogens is 4. The SMILES string of the molecule is CS(=O)(=O)c1cncc(-c2ccc3c(n2)N(C(=O)Nc2cnccn2)[C@H]2CCCN3C2)c1.